The molecule has 0 aliphatic carbocycles. The summed E-state index contributed by atoms with van der Waals surface area (Å²) in [6.07, 6.45) is 6.63. The van der Waals surface area contributed by atoms with Gasteiger partial charge in [0.2, 0.25) is 21.8 Å². The molecule has 1 atom stereocenters. The SMILES string of the molecule is COc1ncc(-c2ccc3ncnc(N[C@H]4CCN(C(=O)C5CCOCC5)C4)c3c2)cc1NS(C)(=O)=O. The molecule has 3 aromatic rings. The molecular weight excluding hydrogens is 496 g/mol. The van der Waals surface area contributed by atoms with Crippen molar-refractivity contribution in [3.05, 3.63) is 36.8 Å². The highest BCUT2D eigenvalue weighted by Gasteiger charge is 2.32. The van der Waals surface area contributed by atoms with Crippen LogP contribution in [-0.4, -0.2) is 79.9 Å². The second-order valence-electron chi connectivity index (χ2n) is 9.41. The molecule has 4 heterocycles. The number of likely N-dealkylation sites (tertiary alicyclic amines) is 1. The van der Waals surface area contributed by atoms with Gasteiger partial charge in [0, 0.05) is 55.4 Å². The average molecular weight is 527 g/mol. The van der Waals surface area contributed by atoms with Gasteiger partial charge in [0.15, 0.2) is 0 Å². The van der Waals surface area contributed by atoms with Crippen LogP contribution in [0.5, 0.6) is 5.88 Å². The van der Waals surface area contributed by atoms with E-state index in [-0.39, 0.29) is 29.4 Å². The second-order valence-corrected chi connectivity index (χ2v) is 11.2. The van der Waals surface area contributed by atoms with Crippen LogP contribution in [-0.2, 0) is 19.6 Å². The Hall–Kier alpha value is -3.51. The fraction of sp³-hybridized carbons (Fsp3) is 0.440. The minimum absolute atomic E-state index is 0.0510. The number of amides is 1. The third kappa shape index (κ3) is 5.75. The molecule has 1 aromatic carbocycles. The number of methoxy groups -OCH3 is 1. The Bertz CT molecular complexity index is 1410. The van der Waals surface area contributed by atoms with Gasteiger partial charge in [0.1, 0.15) is 17.8 Å². The first-order valence-corrected chi connectivity index (χ1v) is 14.1. The van der Waals surface area contributed by atoms with E-state index >= 15 is 0 Å². The van der Waals surface area contributed by atoms with Gasteiger partial charge in [-0.1, -0.05) is 6.07 Å². The molecule has 5 rings (SSSR count). The molecule has 0 unspecified atom stereocenters. The van der Waals surface area contributed by atoms with Gasteiger partial charge in [0.25, 0.3) is 0 Å². The molecule has 2 fully saturated rings. The van der Waals surface area contributed by atoms with E-state index in [0.29, 0.717) is 31.1 Å². The monoisotopic (exact) mass is 526 g/mol. The zero-order valence-corrected chi connectivity index (χ0v) is 21.6. The average Bonchev–Trinajstić information content (AvgIpc) is 3.36. The maximum absolute atomic E-state index is 12.9. The number of nitrogens with one attached hydrogen (secondary N) is 2. The molecule has 0 spiro atoms. The summed E-state index contributed by atoms with van der Waals surface area (Å²) >= 11 is 0. The Morgan fingerprint density at radius 3 is 2.68 bits per heavy atom. The number of aromatic nitrogens is 3. The maximum Gasteiger partial charge on any atom is 0.238 e. The van der Waals surface area contributed by atoms with Crippen molar-refractivity contribution in [2.75, 3.05) is 49.7 Å². The van der Waals surface area contributed by atoms with Gasteiger partial charge in [-0.25, -0.2) is 23.4 Å². The fourth-order valence-corrected chi connectivity index (χ4v) is 5.42. The van der Waals surface area contributed by atoms with Crippen LogP contribution in [0.25, 0.3) is 22.0 Å². The first kappa shape index (κ1) is 25.2. The summed E-state index contributed by atoms with van der Waals surface area (Å²) in [5, 5.41) is 4.34. The zero-order valence-electron chi connectivity index (χ0n) is 20.8. The molecule has 196 valence electrons. The standard InChI is InChI=1S/C25H30N6O5S/c1-35-24-22(30-37(2,33)34)12-18(13-26-24)17-3-4-21-20(11-17)23(28-15-27-21)29-19-5-8-31(14-19)25(32)16-6-9-36-10-7-16/h3-4,11-13,15-16,19,30H,5-10,14H2,1-2H3,(H,27,28,29)/t19-/m0/s1. The summed E-state index contributed by atoms with van der Waals surface area (Å²) in [6, 6.07) is 7.50. The summed E-state index contributed by atoms with van der Waals surface area (Å²) in [7, 11) is -2.08. The number of carbonyl (C=O) groups is 1. The van der Waals surface area contributed by atoms with Crippen molar-refractivity contribution in [1.29, 1.82) is 0 Å². The second kappa shape index (κ2) is 10.5. The van der Waals surface area contributed by atoms with E-state index in [9.17, 15) is 13.2 Å². The molecule has 0 bridgehead atoms. The van der Waals surface area contributed by atoms with Crippen molar-refractivity contribution in [3.63, 3.8) is 0 Å². The maximum atomic E-state index is 12.9. The molecular formula is C25H30N6O5S. The van der Waals surface area contributed by atoms with Crippen LogP contribution in [0.3, 0.4) is 0 Å². The number of carbonyl (C=O) groups excluding carboxylic acids is 1. The van der Waals surface area contributed by atoms with E-state index in [4.69, 9.17) is 9.47 Å². The van der Waals surface area contributed by atoms with Crippen LogP contribution >= 0.6 is 0 Å². The first-order valence-electron chi connectivity index (χ1n) is 12.2. The van der Waals surface area contributed by atoms with Crippen LogP contribution in [0.2, 0.25) is 0 Å². The van der Waals surface area contributed by atoms with E-state index in [1.807, 2.05) is 23.1 Å². The lowest BCUT2D eigenvalue weighted by molar-refractivity contribution is -0.137. The fourth-order valence-electron chi connectivity index (χ4n) is 4.87. The molecule has 37 heavy (non-hydrogen) atoms. The molecule has 1 amide bonds. The number of pyridine rings is 1. The number of benzene rings is 1. The third-order valence-corrected chi connectivity index (χ3v) is 7.31. The molecule has 2 aromatic heterocycles. The van der Waals surface area contributed by atoms with Crippen LogP contribution in [0, 0.1) is 5.92 Å². The van der Waals surface area contributed by atoms with Gasteiger partial charge >= 0.3 is 0 Å². The minimum Gasteiger partial charge on any atom is -0.480 e. The normalized spacial score (nSPS) is 18.6. The highest BCUT2D eigenvalue weighted by Crippen LogP contribution is 2.32. The molecule has 2 aliphatic rings. The van der Waals surface area contributed by atoms with E-state index in [1.54, 1.807) is 12.3 Å². The van der Waals surface area contributed by atoms with Crippen molar-refractivity contribution >= 4 is 38.3 Å². The lowest BCUT2D eigenvalue weighted by Gasteiger charge is -2.26. The summed E-state index contributed by atoms with van der Waals surface area (Å²) in [5.41, 5.74) is 2.55. The van der Waals surface area contributed by atoms with E-state index < -0.39 is 10.0 Å². The van der Waals surface area contributed by atoms with Gasteiger partial charge in [0.05, 0.1) is 18.9 Å². The number of anilines is 2. The quantitative estimate of drug-likeness (QED) is 0.476. The van der Waals surface area contributed by atoms with Gasteiger partial charge in [-0.15, -0.1) is 0 Å². The Morgan fingerprint density at radius 2 is 1.92 bits per heavy atom. The van der Waals surface area contributed by atoms with Gasteiger partial charge < -0.3 is 19.7 Å². The van der Waals surface area contributed by atoms with Crippen molar-refractivity contribution in [2.45, 2.75) is 25.3 Å². The topological polar surface area (TPSA) is 136 Å². The minimum atomic E-state index is -3.52. The molecule has 0 saturated carbocycles. The van der Waals surface area contributed by atoms with Crippen molar-refractivity contribution in [1.82, 2.24) is 19.9 Å². The van der Waals surface area contributed by atoms with E-state index in [2.05, 4.69) is 25.0 Å². The predicted octanol–water partition coefficient (Wildman–Crippen LogP) is 2.51. The third-order valence-electron chi connectivity index (χ3n) is 6.72. The van der Waals surface area contributed by atoms with Crippen LogP contribution in [0.15, 0.2) is 36.8 Å². The Balaban J connectivity index is 1.37. The number of ether oxygens (including phenoxy) is 2. The lowest BCUT2D eigenvalue weighted by Crippen LogP contribution is -2.38. The van der Waals surface area contributed by atoms with Gasteiger partial charge in [-0.05, 0) is 43.0 Å². The van der Waals surface area contributed by atoms with Crippen LogP contribution in [0.1, 0.15) is 19.3 Å². The molecule has 2 N–H and O–H groups in total. The summed E-state index contributed by atoms with van der Waals surface area (Å²) in [5.74, 6) is 1.14. The van der Waals surface area contributed by atoms with E-state index in [0.717, 1.165) is 48.5 Å². The number of nitrogens with zero attached hydrogens (tertiary/aromatic N) is 4. The lowest BCUT2D eigenvalue weighted by atomic mass is 9.99. The number of hydrogen-bond donors (Lipinski definition) is 2. The molecule has 2 saturated heterocycles. The highest BCUT2D eigenvalue weighted by atomic mass is 32.2. The van der Waals surface area contributed by atoms with Gasteiger partial charge in [-0.3, -0.25) is 9.52 Å². The van der Waals surface area contributed by atoms with Crippen LogP contribution < -0.4 is 14.8 Å². The summed E-state index contributed by atoms with van der Waals surface area (Å²) < 4.78 is 36.7. The number of hydrogen-bond acceptors (Lipinski definition) is 9. The Labute approximate surface area is 215 Å². The molecule has 2 aliphatic heterocycles. The van der Waals surface area contributed by atoms with E-state index in [1.165, 1.54) is 13.4 Å². The predicted molar refractivity (Wildman–Crippen MR) is 140 cm³/mol. The number of sulfonamides is 1. The largest absolute Gasteiger partial charge is 0.480 e. The van der Waals surface area contributed by atoms with Crippen molar-refractivity contribution in [3.8, 4) is 17.0 Å². The molecule has 12 heteroatoms. The van der Waals surface area contributed by atoms with Crippen LogP contribution in [0.4, 0.5) is 11.5 Å². The smallest absolute Gasteiger partial charge is 0.238 e. The number of rotatable bonds is 7. The number of fused-ring (bicyclic) bond motifs is 1. The zero-order chi connectivity index (χ0) is 26.0. The van der Waals surface area contributed by atoms with Crippen molar-refractivity contribution in [2.24, 2.45) is 5.92 Å². The summed E-state index contributed by atoms with van der Waals surface area (Å²) in [4.78, 5) is 28.0. The van der Waals surface area contributed by atoms with Crippen molar-refractivity contribution < 1.29 is 22.7 Å². The summed E-state index contributed by atoms with van der Waals surface area (Å²) in [6.45, 7) is 2.65. The van der Waals surface area contributed by atoms with Gasteiger partial charge in [-0.2, -0.15) is 0 Å². The Morgan fingerprint density at radius 1 is 1.11 bits per heavy atom. The molecule has 0 radical (unpaired) electrons. The molecule has 11 nitrogen and oxygen atoms in total. The first-order chi connectivity index (χ1) is 17.8. The Kier molecular flexibility index (Phi) is 7.11. The highest BCUT2D eigenvalue weighted by molar-refractivity contribution is 7.92.